The first-order valence-corrected chi connectivity index (χ1v) is 14.4. The SMILES string of the molecule is CCCCCCc1nc(-n2cnc3cc(C)ccc32)c(CCCCCC)nc1-n1cnc2cc(C)ccc21. The third-order valence-corrected chi connectivity index (χ3v) is 7.39. The van der Waals surface area contributed by atoms with E-state index in [-0.39, 0.29) is 0 Å². The summed E-state index contributed by atoms with van der Waals surface area (Å²) in [5.41, 5.74) is 8.62. The molecule has 0 saturated carbocycles. The van der Waals surface area contributed by atoms with Crippen LogP contribution in [0.3, 0.4) is 0 Å². The maximum atomic E-state index is 5.38. The lowest BCUT2D eigenvalue weighted by Crippen LogP contribution is -2.13. The van der Waals surface area contributed by atoms with Gasteiger partial charge in [0.1, 0.15) is 12.7 Å². The van der Waals surface area contributed by atoms with Gasteiger partial charge in [0.15, 0.2) is 11.6 Å². The Morgan fingerprint density at radius 1 is 0.579 bits per heavy atom. The van der Waals surface area contributed by atoms with Crippen molar-refractivity contribution in [1.29, 1.82) is 0 Å². The average molecular weight is 509 g/mol. The number of aromatic nitrogens is 6. The van der Waals surface area contributed by atoms with Crippen LogP contribution in [0.2, 0.25) is 0 Å². The highest BCUT2D eigenvalue weighted by atomic mass is 15.2. The molecule has 0 N–H and O–H groups in total. The van der Waals surface area contributed by atoms with Gasteiger partial charge in [-0.05, 0) is 74.9 Å². The van der Waals surface area contributed by atoms with Crippen molar-refractivity contribution in [3.63, 3.8) is 0 Å². The molecule has 0 saturated heterocycles. The van der Waals surface area contributed by atoms with Crippen LogP contribution >= 0.6 is 0 Å². The summed E-state index contributed by atoms with van der Waals surface area (Å²) < 4.78 is 4.29. The molecule has 0 unspecified atom stereocenters. The molecule has 198 valence electrons. The molecule has 5 rings (SSSR count). The quantitative estimate of drug-likeness (QED) is 0.160. The molecule has 5 aromatic rings. The van der Waals surface area contributed by atoms with E-state index < -0.39 is 0 Å². The number of fused-ring (bicyclic) bond motifs is 2. The molecule has 0 radical (unpaired) electrons. The van der Waals surface area contributed by atoms with Gasteiger partial charge in [-0.2, -0.15) is 0 Å². The van der Waals surface area contributed by atoms with Crippen LogP contribution in [-0.4, -0.2) is 29.1 Å². The number of benzene rings is 2. The first kappa shape index (κ1) is 26.1. The third kappa shape index (κ3) is 5.50. The van der Waals surface area contributed by atoms with Crippen molar-refractivity contribution in [1.82, 2.24) is 29.1 Å². The molecule has 0 spiro atoms. The minimum atomic E-state index is 0.892. The second kappa shape index (κ2) is 11.9. The van der Waals surface area contributed by atoms with E-state index in [2.05, 4.69) is 73.2 Å². The predicted octanol–water partition coefficient (Wildman–Crippen LogP) is 8.02. The second-order valence-corrected chi connectivity index (χ2v) is 10.6. The molecule has 0 aliphatic rings. The first-order chi connectivity index (χ1) is 18.6. The molecule has 0 aliphatic heterocycles. The van der Waals surface area contributed by atoms with Crippen LogP contribution < -0.4 is 0 Å². The van der Waals surface area contributed by atoms with Gasteiger partial charge >= 0.3 is 0 Å². The van der Waals surface area contributed by atoms with Crippen molar-refractivity contribution in [2.24, 2.45) is 0 Å². The van der Waals surface area contributed by atoms with Crippen molar-refractivity contribution >= 4 is 22.1 Å². The average Bonchev–Trinajstić information content (AvgIpc) is 3.52. The summed E-state index contributed by atoms with van der Waals surface area (Å²) in [4.78, 5) is 20.2. The summed E-state index contributed by atoms with van der Waals surface area (Å²) in [6.45, 7) is 8.72. The highest BCUT2D eigenvalue weighted by molar-refractivity contribution is 5.79. The van der Waals surface area contributed by atoms with Gasteiger partial charge in [-0.1, -0.05) is 64.5 Å². The maximum Gasteiger partial charge on any atom is 0.160 e. The number of unbranched alkanes of at least 4 members (excludes halogenated alkanes) is 6. The predicted molar refractivity (Wildman–Crippen MR) is 156 cm³/mol. The fraction of sp³-hybridized carbons (Fsp3) is 0.438. The summed E-state index contributed by atoms with van der Waals surface area (Å²) in [5.74, 6) is 1.84. The van der Waals surface area contributed by atoms with Crippen molar-refractivity contribution < 1.29 is 0 Å². The Labute approximate surface area is 226 Å². The van der Waals surface area contributed by atoms with Crippen molar-refractivity contribution in [2.45, 2.75) is 91.9 Å². The Morgan fingerprint density at radius 3 is 1.45 bits per heavy atom. The van der Waals surface area contributed by atoms with Gasteiger partial charge in [-0.3, -0.25) is 9.13 Å². The number of rotatable bonds is 12. The summed E-state index contributed by atoms with van der Waals surface area (Å²) in [6.07, 6.45) is 15.1. The van der Waals surface area contributed by atoms with E-state index in [0.717, 1.165) is 70.8 Å². The van der Waals surface area contributed by atoms with Gasteiger partial charge in [-0.25, -0.2) is 19.9 Å². The molecule has 6 heteroatoms. The number of nitrogens with zero attached hydrogens (tertiary/aromatic N) is 6. The van der Waals surface area contributed by atoms with Gasteiger partial charge in [0.05, 0.1) is 33.5 Å². The normalized spacial score (nSPS) is 11.7. The highest BCUT2D eigenvalue weighted by Crippen LogP contribution is 2.27. The molecular formula is C32H40N6. The molecule has 0 aliphatic carbocycles. The monoisotopic (exact) mass is 508 g/mol. The minimum absolute atomic E-state index is 0.892. The second-order valence-electron chi connectivity index (χ2n) is 10.6. The number of imidazole rings is 2. The van der Waals surface area contributed by atoms with Crippen LogP contribution in [0.1, 0.15) is 87.7 Å². The molecule has 3 aromatic heterocycles. The Hall–Kier alpha value is -3.54. The lowest BCUT2D eigenvalue weighted by Gasteiger charge is -2.17. The van der Waals surface area contributed by atoms with E-state index in [4.69, 9.17) is 19.9 Å². The van der Waals surface area contributed by atoms with Gasteiger partial charge in [0.25, 0.3) is 0 Å². The van der Waals surface area contributed by atoms with Crippen molar-refractivity contribution in [3.8, 4) is 11.6 Å². The van der Waals surface area contributed by atoms with Gasteiger partial charge in [0.2, 0.25) is 0 Å². The molecule has 38 heavy (non-hydrogen) atoms. The Morgan fingerprint density at radius 2 is 1.03 bits per heavy atom. The van der Waals surface area contributed by atoms with Crippen LogP contribution in [-0.2, 0) is 12.8 Å². The standard InChI is InChI=1S/C32H40N6/c1-5-7-9-11-13-25-31(37-21-33-27-19-23(3)15-17-29(27)37)36-26(14-12-10-8-6-2)32(35-25)38-22-34-28-20-24(4)16-18-30(28)38/h15-22H,5-14H2,1-4H3. The molecule has 0 bridgehead atoms. The van der Waals surface area contributed by atoms with E-state index in [1.54, 1.807) is 0 Å². The van der Waals surface area contributed by atoms with E-state index in [1.807, 2.05) is 12.7 Å². The number of aryl methyl sites for hydroxylation is 4. The zero-order valence-electron chi connectivity index (χ0n) is 23.4. The van der Waals surface area contributed by atoms with E-state index in [1.165, 1.54) is 49.7 Å². The molecule has 0 atom stereocenters. The highest BCUT2D eigenvalue weighted by Gasteiger charge is 2.19. The summed E-state index contributed by atoms with van der Waals surface area (Å²) in [5, 5.41) is 0. The maximum absolute atomic E-state index is 5.38. The minimum Gasteiger partial charge on any atom is -0.281 e. The summed E-state index contributed by atoms with van der Waals surface area (Å²) in [6, 6.07) is 12.9. The fourth-order valence-electron chi connectivity index (χ4n) is 5.23. The summed E-state index contributed by atoms with van der Waals surface area (Å²) >= 11 is 0. The van der Waals surface area contributed by atoms with Gasteiger partial charge in [0, 0.05) is 0 Å². The Balaban J connectivity index is 1.66. The summed E-state index contributed by atoms with van der Waals surface area (Å²) in [7, 11) is 0. The zero-order chi connectivity index (χ0) is 26.5. The van der Waals surface area contributed by atoms with Crippen molar-refractivity contribution in [2.75, 3.05) is 0 Å². The molecule has 3 heterocycles. The van der Waals surface area contributed by atoms with E-state index >= 15 is 0 Å². The molecule has 0 amide bonds. The van der Waals surface area contributed by atoms with Crippen LogP contribution in [0.4, 0.5) is 0 Å². The molecule has 2 aromatic carbocycles. The number of hydrogen-bond acceptors (Lipinski definition) is 4. The fourth-order valence-corrected chi connectivity index (χ4v) is 5.23. The topological polar surface area (TPSA) is 61.4 Å². The third-order valence-electron chi connectivity index (χ3n) is 7.39. The Bertz CT molecular complexity index is 1410. The van der Waals surface area contributed by atoms with Gasteiger partial charge < -0.3 is 0 Å². The zero-order valence-corrected chi connectivity index (χ0v) is 23.4. The van der Waals surface area contributed by atoms with E-state index in [9.17, 15) is 0 Å². The molecule has 6 nitrogen and oxygen atoms in total. The van der Waals surface area contributed by atoms with Crippen LogP contribution in [0.25, 0.3) is 33.7 Å². The lowest BCUT2D eigenvalue weighted by molar-refractivity contribution is 0.644. The van der Waals surface area contributed by atoms with Gasteiger partial charge in [-0.15, -0.1) is 0 Å². The van der Waals surface area contributed by atoms with Crippen molar-refractivity contribution in [3.05, 3.63) is 71.6 Å². The van der Waals surface area contributed by atoms with Crippen LogP contribution in [0, 0.1) is 13.8 Å². The smallest absolute Gasteiger partial charge is 0.160 e. The number of hydrogen-bond donors (Lipinski definition) is 0. The first-order valence-electron chi connectivity index (χ1n) is 14.4. The molecular weight excluding hydrogens is 468 g/mol. The molecule has 0 fully saturated rings. The van der Waals surface area contributed by atoms with Crippen LogP contribution in [0.5, 0.6) is 0 Å². The van der Waals surface area contributed by atoms with Crippen LogP contribution in [0.15, 0.2) is 49.1 Å². The Kier molecular flexibility index (Phi) is 8.16. The van der Waals surface area contributed by atoms with E-state index in [0.29, 0.717) is 0 Å². The lowest BCUT2D eigenvalue weighted by atomic mass is 10.1. The largest absolute Gasteiger partial charge is 0.281 e.